The van der Waals surface area contributed by atoms with Gasteiger partial charge in [0.25, 0.3) is 11.8 Å². The highest BCUT2D eigenvalue weighted by atomic mass is 35.5. The minimum Gasteiger partial charge on any atom is -0.375 e. The number of amides is 2. The molecule has 11 nitrogen and oxygen atoms in total. The summed E-state index contributed by atoms with van der Waals surface area (Å²) in [5, 5.41) is 12.5. The number of benzene rings is 1. The molecule has 5 rings (SSSR count). The van der Waals surface area contributed by atoms with E-state index < -0.39 is 35.0 Å². The van der Waals surface area contributed by atoms with Crippen LogP contribution in [0.2, 0.25) is 5.02 Å². The van der Waals surface area contributed by atoms with Gasteiger partial charge in [0.15, 0.2) is 5.54 Å². The molecule has 1 fully saturated rings. The lowest BCUT2D eigenvalue weighted by molar-refractivity contribution is -0.147. The van der Waals surface area contributed by atoms with Crippen molar-refractivity contribution in [2.24, 2.45) is 0 Å². The molecule has 2 amide bonds. The van der Waals surface area contributed by atoms with E-state index in [1.807, 2.05) is 0 Å². The Kier molecular flexibility index (Phi) is 6.63. The molecule has 3 aromatic heterocycles. The number of ether oxygens (including phenoxy) is 1. The fourth-order valence-corrected chi connectivity index (χ4v) is 4.13. The van der Waals surface area contributed by atoms with E-state index in [9.17, 15) is 14.0 Å². The summed E-state index contributed by atoms with van der Waals surface area (Å²) in [6.07, 6.45) is 2.61. The van der Waals surface area contributed by atoms with Crippen LogP contribution >= 0.6 is 11.6 Å². The van der Waals surface area contributed by atoms with Gasteiger partial charge in [0.1, 0.15) is 11.6 Å². The Morgan fingerprint density at radius 1 is 1.16 bits per heavy atom. The predicted octanol–water partition coefficient (Wildman–Crippen LogP) is 3.40. The monoisotopic (exact) mass is 544 g/mol. The SMILES string of the molecule is Cc1nc(-c2c(F)cc(Cl)cc2-c2cnc([C@@H](C)NC(=O)C3(NC(=O)c4ccno4)COC3)c(F)c2)no1. The molecule has 1 saturated heterocycles. The highest BCUT2D eigenvalue weighted by molar-refractivity contribution is 6.31. The average Bonchev–Trinajstić information content (AvgIpc) is 3.52. The fourth-order valence-electron chi connectivity index (χ4n) is 3.92. The smallest absolute Gasteiger partial charge is 0.290 e. The molecule has 196 valence electrons. The summed E-state index contributed by atoms with van der Waals surface area (Å²) in [7, 11) is 0. The van der Waals surface area contributed by atoms with Gasteiger partial charge in [-0.3, -0.25) is 14.6 Å². The Labute approximate surface area is 218 Å². The maximum atomic E-state index is 15.3. The average molecular weight is 545 g/mol. The first kappa shape index (κ1) is 25.4. The number of pyridine rings is 1. The summed E-state index contributed by atoms with van der Waals surface area (Å²) >= 11 is 6.06. The first-order valence-electron chi connectivity index (χ1n) is 11.2. The van der Waals surface area contributed by atoms with Crippen molar-refractivity contribution in [1.29, 1.82) is 0 Å². The second kappa shape index (κ2) is 9.91. The molecule has 0 saturated carbocycles. The van der Waals surface area contributed by atoms with Crippen LogP contribution < -0.4 is 10.6 Å². The normalized spacial score (nSPS) is 15.0. The zero-order valence-corrected chi connectivity index (χ0v) is 20.7. The van der Waals surface area contributed by atoms with Gasteiger partial charge in [-0.25, -0.2) is 8.78 Å². The van der Waals surface area contributed by atoms with Crippen molar-refractivity contribution in [3.63, 3.8) is 0 Å². The van der Waals surface area contributed by atoms with Gasteiger partial charge in [0.2, 0.25) is 17.5 Å². The first-order valence-corrected chi connectivity index (χ1v) is 11.6. The summed E-state index contributed by atoms with van der Waals surface area (Å²) in [5.41, 5.74) is -1.09. The minimum atomic E-state index is -1.37. The molecule has 2 N–H and O–H groups in total. The molecular weight excluding hydrogens is 526 g/mol. The molecule has 4 heterocycles. The van der Waals surface area contributed by atoms with Crippen LogP contribution in [0.5, 0.6) is 0 Å². The summed E-state index contributed by atoms with van der Waals surface area (Å²) in [6, 6.07) is 4.11. The number of aromatic nitrogens is 4. The maximum absolute atomic E-state index is 15.3. The van der Waals surface area contributed by atoms with Crippen LogP contribution in [0.4, 0.5) is 8.78 Å². The summed E-state index contributed by atoms with van der Waals surface area (Å²) in [6.45, 7) is 2.91. The minimum absolute atomic E-state index is 0.0304. The van der Waals surface area contributed by atoms with Crippen LogP contribution in [-0.4, -0.2) is 50.8 Å². The third kappa shape index (κ3) is 4.73. The number of hydrogen-bond acceptors (Lipinski definition) is 9. The molecule has 0 unspecified atom stereocenters. The zero-order chi connectivity index (χ0) is 27.0. The van der Waals surface area contributed by atoms with Crippen molar-refractivity contribution >= 4 is 23.4 Å². The molecule has 1 atom stereocenters. The van der Waals surface area contributed by atoms with E-state index in [0.29, 0.717) is 0 Å². The van der Waals surface area contributed by atoms with Crippen molar-refractivity contribution in [3.8, 4) is 22.5 Å². The van der Waals surface area contributed by atoms with Gasteiger partial charge in [-0.05, 0) is 30.7 Å². The van der Waals surface area contributed by atoms with Crippen LogP contribution in [0, 0.1) is 18.6 Å². The molecule has 1 aliphatic rings. The molecule has 1 aromatic carbocycles. The van der Waals surface area contributed by atoms with E-state index in [2.05, 4.69) is 30.9 Å². The molecule has 0 bridgehead atoms. The van der Waals surface area contributed by atoms with Crippen molar-refractivity contribution in [3.05, 3.63) is 70.7 Å². The van der Waals surface area contributed by atoms with E-state index in [1.165, 1.54) is 31.5 Å². The van der Waals surface area contributed by atoms with E-state index in [-0.39, 0.29) is 58.1 Å². The van der Waals surface area contributed by atoms with E-state index in [1.54, 1.807) is 6.92 Å². The van der Waals surface area contributed by atoms with Gasteiger partial charge in [-0.1, -0.05) is 21.9 Å². The standard InChI is InChI=1S/C24H19ClF2N6O5/c1-11(30-23(35)24(9-36-10-24)32-22(34)18-3-4-29-38-18)20-17(27)5-13(8-28-20)15-6-14(25)7-16(26)19(15)21-31-12(2)37-33-21/h3-8,11H,9-10H2,1-2H3,(H,30,35)(H,32,34)/t11-/m1/s1. The zero-order valence-electron chi connectivity index (χ0n) is 19.9. The Balaban J connectivity index is 1.38. The predicted molar refractivity (Wildman–Crippen MR) is 127 cm³/mol. The van der Waals surface area contributed by atoms with Crippen molar-refractivity contribution in [2.45, 2.75) is 25.4 Å². The number of hydrogen-bond donors (Lipinski definition) is 2. The van der Waals surface area contributed by atoms with Crippen molar-refractivity contribution < 1.29 is 32.2 Å². The van der Waals surface area contributed by atoms with Crippen molar-refractivity contribution in [1.82, 2.24) is 30.9 Å². The van der Waals surface area contributed by atoms with Gasteiger partial charge >= 0.3 is 0 Å². The number of carbonyl (C=O) groups excluding carboxylic acids is 2. The topological polar surface area (TPSA) is 145 Å². The quantitative estimate of drug-likeness (QED) is 0.357. The third-order valence-electron chi connectivity index (χ3n) is 5.89. The van der Waals surface area contributed by atoms with Gasteiger partial charge in [0, 0.05) is 29.8 Å². The lowest BCUT2D eigenvalue weighted by Crippen LogP contribution is -2.70. The Morgan fingerprint density at radius 3 is 2.55 bits per heavy atom. The summed E-state index contributed by atoms with van der Waals surface area (Å²) in [5.74, 6) is -2.62. The van der Waals surface area contributed by atoms with Crippen LogP contribution in [-0.2, 0) is 9.53 Å². The second-order valence-corrected chi connectivity index (χ2v) is 9.08. The number of nitrogens with zero attached hydrogens (tertiary/aromatic N) is 4. The van der Waals surface area contributed by atoms with Crippen LogP contribution in [0.1, 0.15) is 35.1 Å². The Hall–Kier alpha value is -4.23. The summed E-state index contributed by atoms with van der Waals surface area (Å²) in [4.78, 5) is 33.6. The van der Waals surface area contributed by atoms with Gasteiger partial charge in [-0.2, -0.15) is 4.98 Å². The fraction of sp³-hybridized carbons (Fsp3) is 0.250. The number of carbonyl (C=O) groups is 2. The second-order valence-electron chi connectivity index (χ2n) is 8.64. The van der Waals surface area contributed by atoms with Crippen LogP contribution in [0.25, 0.3) is 22.5 Å². The third-order valence-corrected chi connectivity index (χ3v) is 6.11. The molecular formula is C24H19ClF2N6O5. The molecule has 38 heavy (non-hydrogen) atoms. The van der Waals surface area contributed by atoms with Crippen LogP contribution in [0.15, 0.2) is 45.7 Å². The molecule has 0 radical (unpaired) electrons. The molecule has 4 aromatic rings. The molecule has 0 spiro atoms. The highest BCUT2D eigenvalue weighted by Gasteiger charge is 2.48. The maximum Gasteiger partial charge on any atom is 0.290 e. The lowest BCUT2D eigenvalue weighted by Gasteiger charge is -2.40. The van der Waals surface area contributed by atoms with E-state index in [0.717, 1.165) is 12.1 Å². The molecule has 14 heteroatoms. The van der Waals surface area contributed by atoms with Gasteiger partial charge in [-0.15, -0.1) is 0 Å². The Morgan fingerprint density at radius 2 is 1.95 bits per heavy atom. The van der Waals surface area contributed by atoms with E-state index >= 15 is 4.39 Å². The highest BCUT2D eigenvalue weighted by Crippen LogP contribution is 2.36. The number of aryl methyl sites for hydroxylation is 1. The molecule has 0 aliphatic carbocycles. The number of rotatable bonds is 7. The van der Waals surface area contributed by atoms with E-state index in [4.69, 9.17) is 25.4 Å². The molecule has 1 aliphatic heterocycles. The van der Waals surface area contributed by atoms with Crippen molar-refractivity contribution in [2.75, 3.05) is 13.2 Å². The van der Waals surface area contributed by atoms with Gasteiger partial charge in [0.05, 0.1) is 36.7 Å². The largest absolute Gasteiger partial charge is 0.375 e. The number of halogens is 3. The first-order chi connectivity index (χ1) is 18.2. The Bertz CT molecular complexity index is 1520. The lowest BCUT2D eigenvalue weighted by atomic mass is 9.95. The van der Waals surface area contributed by atoms with Gasteiger partial charge < -0.3 is 24.4 Å². The summed E-state index contributed by atoms with van der Waals surface area (Å²) < 4.78 is 45.0. The van der Waals surface area contributed by atoms with Crippen LogP contribution in [0.3, 0.4) is 0 Å². The number of nitrogens with one attached hydrogen (secondary N) is 2.